The van der Waals surface area contributed by atoms with Crippen LogP contribution in [0.4, 0.5) is 5.82 Å². The van der Waals surface area contributed by atoms with Crippen molar-refractivity contribution < 1.29 is 4.79 Å². The minimum absolute atomic E-state index is 0.167. The van der Waals surface area contributed by atoms with Crippen LogP contribution in [-0.4, -0.2) is 39.8 Å². The Morgan fingerprint density at radius 3 is 3.13 bits per heavy atom. The van der Waals surface area contributed by atoms with Crippen molar-refractivity contribution in [1.29, 1.82) is 5.26 Å². The van der Waals surface area contributed by atoms with Crippen molar-refractivity contribution >= 4 is 11.7 Å². The van der Waals surface area contributed by atoms with E-state index in [9.17, 15) is 4.79 Å². The summed E-state index contributed by atoms with van der Waals surface area (Å²) in [7, 11) is 1.76. The van der Waals surface area contributed by atoms with E-state index in [1.54, 1.807) is 30.1 Å². The molecule has 3 heterocycles. The predicted octanol–water partition coefficient (Wildman–Crippen LogP) is 1.09. The Labute approximate surface area is 134 Å². The summed E-state index contributed by atoms with van der Waals surface area (Å²) in [6.45, 7) is 1.46. The van der Waals surface area contributed by atoms with Crippen LogP contribution in [0.3, 0.4) is 0 Å². The van der Waals surface area contributed by atoms with E-state index < -0.39 is 0 Å². The number of anilines is 1. The molecule has 118 valence electrons. The van der Waals surface area contributed by atoms with Crippen molar-refractivity contribution in [3.05, 3.63) is 41.9 Å². The van der Waals surface area contributed by atoms with Gasteiger partial charge in [-0.2, -0.15) is 10.4 Å². The van der Waals surface area contributed by atoms with E-state index in [0.29, 0.717) is 17.8 Å². The fourth-order valence-corrected chi connectivity index (χ4v) is 2.95. The van der Waals surface area contributed by atoms with Gasteiger partial charge in [0.05, 0.1) is 5.56 Å². The maximum atomic E-state index is 12.3. The molecule has 1 N–H and O–H groups in total. The first-order chi connectivity index (χ1) is 11.2. The Bertz CT molecular complexity index is 733. The van der Waals surface area contributed by atoms with Gasteiger partial charge in [0.25, 0.3) is 5.91 Å². The molecule has 1 saturated heterocycles. The van der Waals surface area contributed by atoms with Gasteiger partial charge in [0, 0.05) is 38.6 Å². The number of hydrogen-bond donors (Lipinski definition) is 1. The fourth-order valence-electron chi connectivity index (χ4n) is 2.95. The Balaban J connectivity index is 1.64. The summed E-state index contributed by atoms with van der Waals surface area (Å²) in [6, 6.07) is 7.66. The second kappa shape index (κ2) is 6.48. The van der Waals surface area contributed by atoms with E-state index in [0.717, 1.165) is 25.2 Å². The van der Waals surface area contributed by atoms with Crippen LogP contribution in [0.1, 0.15) is 28.9 Å². The highest BCUT2D eigenvalue weighted by Crippen LogP contribution is 2.22. The van der Waals surface area contributed by atoms with Crippen LogP contribution in [-0.2, 0) is 7.05 Å². The average Bonchev–Trinajstić information content (AvgIpc) is 3.19. The van der Waals surface area contributed by atoms with Crippen molar-refractivity contribution in [2.45, 2.75) is 18.9 Å². The molecule has 1 fully saturated rings. The minimum Gasteiger partial charge on any atom is -0.350 e. The number of rotatable bonds is 4. The standard InChI is InChI=1S/C16H18N6O/c1-21-11-12(9-17)8-14(21)16(23)18-10-13-4-3-7-22(13)15-5-2-6-19-20-15/h2,5-6,8,11,13H,3-4,7,10H2,1H3,(H,18,23). The molecule has 7 heteroatoms. The monoisotopic (exact) mass is 310 g/mol. The summed E-state index contributed by atoms with van der Waals surface area (Å²) in [4.78, 5) is 14.5. The molecule has 0 bridgehead atoms. The van der Waals surface area contributed by atoms with Crippen LogP contribution in [0.25, 0.3) is 0 Å². The lowest BCUT2D eigenvalue weighted by molar-refractivity contribution is 0.0943. The minimum atomic E-state index is -0.167. The number of nitrogens with one attached hydrogen (secondary N) is 1. The molecule has 1 aliphatic heterocycles. The molecule has 0 radical (unpaired) electrons. The van der Waals surface area contributed by atoms with Crippen LogP contribution in [0.5, 0.6) is 0 Å². The molecule has 0 aromatic carbocycles. The lowest BCUT2D eigenvalue weighted by Gasteiger charge is -2.25. The van der Waals surface area contributed by atoms with Crippen molar-refractivity contribution in [3.8, 4) is 6.07 Å². The summed E-state index contributed by atoms with van der Waals surface area (Å²) in [5.74, 6) is 0.676. The normalized spacial score (nSPS) is 17.0. The highest BCUT2D eigenvalue weighted by Gasteiger charge is 2.26. The van der Waals surface area contributed by atoms with E-state index in [-0.39, 0.29) is 11.9 Å². The molecular weight excluding hydrogens is 292 g/mol. The Kier molecular flexibility index (Phi) is 4.24. The van der Waals surface area contributed by atoms with Gasteiger partial charge in [-0.15, -0.1) is 5.10 Å². The maximum Gasteiger partial charge on any atom is 0.268 e. The first-order valence-electron chi connectivity index (χ1n) is 7.58. The lowest BCUT2D eigenvalue weighted by Crippen LogP contribution is -2.41. The summed E-state index contributed by atoms with van der Waals surface area (Å²) < 4.78 is 1.67. The van der Waals surface area contributed by atoms with Crippen molar-refractivity contribution in [2.24, 2.45) is 7.05 Å². The van der Waals surface area contributed by atoms with Gasteiger partial charge < -0.3 is 14.8 Å². The fraction of sp³-hybridized carbons (Fsp3) is 0.375. The van der Waals surface area contributed by atoms with Crippen molar-refractivity contribution in [3.63, 3.8) is 0 Å². The maximum absolute atomic E-state index is 12.3. The zero-order valence-corrected chi connectivity index (χ0v) is 12.9. The molecule has 7 nitrogen and oxygen atoms in total. The Hall–Kier alpha value is -2.88. The van der Waals surface area contributed by atoms with Gasteiger partial charge in [0.2, 0.25) is 0 Å². The van der Waals surface area contributed by atoms with E-state index in [2.05, 4.69) is 20.4 Å². The highest BCUT2D eigenvalue weighted by atomic mass is 16.1. The van der Waals surface area contributed by atoms with Crippen LogP contribution in [0, 0.1) is 11.3 Å². The number of carbonyl (C=O) groups excluding carboxylic acids is 1. The number of aryl methyl sites for hydroxylation is 1. The zero-order valence-electron chi connectivity index (χ0n) is 12.9. The SMILES string of the molecule is Cn1cc(C#N)cc1C(=O)NCC1CCCN1c1cccnn1. The third kappa shape index (κ3) is 3.16. The summed E-state index contributed by atoms with van der Waals surface area (Å²) >= 11 is 0. The lowest BCUT2D eigenvalue weighted by atomic mass is 10.2. The number of carbonyl (C=O) groups is 1. The summed E-state index contributed by atoms with van der Waals surface area (Å²) in [5, 5.41) is 19.9. The van der Waals surface area contributed by atoms with Crippen LogP contribution in [0.15, 0.2) is 30.6 Å². The molecule has 0 spiro atoms. The quantitative estimate of drug-likeness (QED) is 0.913. The van der Waals surface area contributed by atoms with E-state index in [4.69, 9.17) is 5.26 Å². The van der Waals surface area contributed by atoms with E-state index in [1.807, 2.05) is 18.2 Å². The molecule has 1 amide bonds. The predicted molar refractivity (Wildman–Crippen MR) is 84.9 cm³/mol. The molecule has 0 saturated carbocycles. The number of aromatic nitrogens is 3. The van der Waals surface area contributed by atoms with E-state index in [1.165, 1.54) is 0 Å². The first-order valence-corrected chi connectivity index (χ1v) is 7.58. The van der Waals surface area contributed by atoms with Crippen LogP contribution >= 0.6 is 0 Å². The highest BCUT2D eigenvalue weighted by molar-refractivity contribution is 5.93. The van der Waals surface area contributed by atoms with E-state index >= 15 is 0 Å². The molecular formula is C16H18N6O. The molecule has 23 heavy (non-hydrogen) atoms. The molecule has 2 aromatic heterocycles. The topological polar surface area (TPSA) is 86.8 Å². The smallest absolute Gasteiger partial charge is 0.268 e. The molecule has 2 aromatic rings. The number of hydrogen-bond acceptors (Lipinski definition) is 5. The average molecular weight is 310 g/mol. The van der Waals surface area contributed by atoms with Gasteiger partial charge in [-0.3, -0.25) is 4.79 Å². The summed E-state index contributed by atoms with van der Waals surface area (Å²) in [6.07, 6.45) is 5.38. The number of nitriles is 1. The number of nitrogens with zero attached hydrogens (tertiary/aromatic N) is 5. The Morgan fingerprint density at radius 1 is 1.57 bits per heavy atom. The van der Waals surface area contributed by atoms with Gasteiger partial charge in [0.15, 0.2) is 5.82 Å². The van der Waals surface area contributed by atoms with Gasteiger partial charge in [-0.05, 0) is 31.0 Å². The Morgan fingerprint density at radius 2 is 2.43 bits per heavy atom. The molecule has 1 aliphatic rings. The van der Waals surface area contributed by atoms with Gasteiger partial charge in [-0.1, -0.05) is 0 Å². The zero-order chi connectivity index (χ0) is 16.2. The first kappa shape index (κ1) is 15.0. The number of amides is 1. The van der Waals surface area contributed by atoms with Crippen molar-refractivity contribution in [2.75, 3.05) is 18.0 Å². The van der Waals surface area contributed by atoms with Crippen molar-refractivity contribution in [1.82, 2.24) is 20.1 Å². The molecule has 0 aliphatic carbocycles. The van der Waals surface area contributed by atoms with Gasteiger partial charge >= 0.3 is 0 Å². The second-order valence-corrected chi connectivity index (χ2v) is 5.62. The molecule has 1 atom stereocenters. The largest absolute Gasteiger partial charge is 0.350 e. The van der Waals surface area contributed by atoms with Crippen LogP contribution in [0.2, 0.25) is 0 Å². The molecule has 1 unspecified atom stereocenters. The second-order valence-electron chi connectivity index (χ2n) is 5.62. The van der Waals surface area contributed by atoms with Gasteiger partial charge in [-0.25, -0.2) is 0 Å². The van der Waals surface area contributed by atoms with Crippen LogP contribution < -0.4 is 10.2 Å². The third-order valence-electron chi connectivity index (χ3n) is 4.09. The molecule has 3 rings (SSSR count). The third-order valence-corrected chi connectivity index (χ3v) is 4.09. The van der Waals surface area contributed by atoms with Gasteiger partial charge in [0.1, 0.15) is 11.8 Å². The summed E-state index contributed by atoms with van der Waals surface area (Å²) in [5.41, 5.74) is 0.977.